The number of carbonyl (C=O) groups excluding carboxylic acids is 6. The molecule has 1 fully saturated rings. The molecule has 14 nitrogen and oxygen atoms in total. The average Bonchev–Trinajstić information content (AvgIpc) is 3.60. The smallest absolute Gasteiger partial charge is 0.328 e. The number of ether oxygens (including phenoxy) is 2. The van der Waals surface area contributed by atoms with Crippen LogP contribution in [0.5, 0.6) is 0 Å². The maximum absolute atomic E-state index is 14.5. The van der Waals surface area contributed by atoms with Crippen LogP contribution in [0.15, 0.2) is 5.38 Å². The van der Waals surface area contributed by atoms with Gasteiger partial charge in [0.25, 0.3) is 5.91 Å². The summed E-state index contributed by atoms with van der Waals surface area (Å²) < 4.78 is 10.5. The molecule has 0 unspecified atom stereocenters. The second-order valence-electron chi connectivity index (χ2n) is 14.1. The molecule has 3 N–H and O–H groups in total. The van der Waals surface area contributed by atoms with Crippen molar-refractivity contribution in [1.82, 2.24) is 30.7 Å². The van der Waals surface area contributed by atoms with Crippen LogP contribution in [0.25, 0.3) is 0 Å². The maximum Gasteiger partial charge on any atom is 0.328 e. The number of likely N-dealkylation sites (N-methyl/N-ethyl adjacent to an activating group) is 1. The van der Waals surface area contributed by atoms with Crippen molar-refractivity contribution in [3.8, 4) is 0 Å². The van der Waals surface area contributed by atoms with Gasteiger partial charge >= 0.3 is 11.9 Å². The molecule has 0 aliphatic carbocycles. The number of unbranched alkanes of at least 4 members (excludes halogenated alkanes) is 1. The number of hydrogen-bond donors (Lipinski definition) is 3. The second kappa shape index (κ2) is 22.5. The molecule has 1 aliphatic rings. The molecule has 2 heterocycles. The number of thiazole rings is 1. The van der Waals surface area contributed by atoms with Crippen molar-refractivity contribution in [2.24, 2.45) is 11.8 Å². The van der Waals surface area contributed by atoms with Crippen LogP contribution in [-0.2, 0) is 33.4 Å². The Morgan fingerprint density at radius 1 is 1.06 bits per heavy atom. The van der Waals surface area contributed by atoms with E-state index in [0.717, 1.165) is 25.8 Å². The first-order chi connectivity index (χ1) is 24.6. The number of nitrogens with zero attached hydrogens (tertiary/aromatic N) is 3. The summed E-state index contributed by atoms with van der Waals surface area (Å²) in [6.07, 6.45) is 5.10. The van der Waals surface area contributed by atoms with Gasteiger partial charge in [0.15, 0.2) is 6.10 Å². The SMILES string of the molecule is CCCN(C(=O)[C@@H](NC(=O)[C@H]1CCCCN1C)[C@@H](C)CC)[C@H](C[C@@H](OC(C)=O)c1nc(C(=O)NCCCC[C@H](NC(C)=O)C(=O)OC)cs1)C(C)C. The summed E-state index contributed by atoms with van der Waals surface area (Å²) in [5, 5.41) is 10.6. The molecule has 0 spiro atoms. The fourth-order valence-corrected chi connectivity index (χ4v) is 7.36. The van der Waals surface area contributed by atoms with E-state index < -0.39 is 36.0 Å². The van der Waals surface area contributed by atoms with Crippen molar-refractivity contribution in [2.45, 2.75) is 137 Å². The van der Waals surface area contributed by atoms with E-state index in [1.54, 1.807) is 5.38 Å². The molecule has 1 aliphatic heterocycles. The standard InChI is InChI=1S/C37H62N6O8S/c1-10-19-43(36(48)32(24(5)11-2)41-34(47)29-17-13-15-20-42(29)8)30(23(3)4)21-31(51-26(7)45)35-40-28(22-52-35)33(46)38-18-14-12-16-27(37(49)50-9)39-25(6)44/h22-24,27,29-32H,10-21H2,1-9H3,(H,38,46)(H,39,44)(H,41,47)/t24-,27-,29+,30+,31+,32-/m0/s1. The van der Waals surface area contributed by atoms with Crippen molar-refractivity contribution in [3.63, 3.8) is 0 Å². The number of rotatable bonds is 21. The van der Waals surface area contributed by atoms with Crippen LogP contribution in [0.2, 0.25) is 0 Å². The highest BCUT2D eigenvalue weighted by Crippen LogP contribution is 2.32. The lowest BCUT2D eigenvalue weighted by atomic mass is 9.92. The highest BCUT2D eigenvalue weighted by molar-refractivity contribution is 7.09. The van der Waals surface area contributed by atoms with E-state index in [1.807, 2.05) is 46.6 Å². The third-order valence-electron chi connectivity index (χ3n) is 9.63. The molecular weight excluding hydrogens is 689 g/mol. The predicted octanol–water partition coefficient (Wildman–Crippen LogP) is 3.99. The summed E-state index contributed by atoms with van der Waals surface area (Å²) in [5.74, 6) is -2.17. The van der Waals surface area contributed by atoms with Crippen LogP contribution in [0.1, 0.15) is 128 Å². The molecule has 0 bridgehead atoms. The lowest BCUT2D eigenvalue weighted by Gasteiger charge is -2.40. The number of methoxy groups -OCH3 is 1. The Bertz CT molecular complexity index is 1340. The zero-order valence-electron chi connectivity index (χ0n) is 32.6. The third-order valence-corrected chi connectivity index (χ3v) is 10.6. The summed E-state index contributed by atoms with van der Waals surface area (Å²) in [7, 11) is 3.21. The highest BCUT2D eigenvalue weighted by atomic mass is 32.1. The van der Waals surface area contributed by atoms with Gasteiger partial charge in [-0.3, -0.25) is 28.9 Å². The molecule has 2 rings (SSSR count). The topological polar surface area (TPSA) is 176 Å². The van der Waals surface area contributed by atoms with Gasteiger partial charge in [-0.25, -0.2) is 9.78 Å². The van der Waals surface area contributed by atoms with Crippen LogP contribution >= 0.6 is 11.3 Å². The fourth-order valence-electron chi connectivity index (χ4n) is 6.52. The van der Waals surface area contributed by atoms with E-state index in [9.17, 15) is 28.8 Å². The molecule has 294 valence electrons. The molecule has 1 aromatic rings. The number of aromatic nitrogens is 1. The number of nitrogens with one attached hydrogen (secondary N) is 3. The van der Waals surface area contributed by atoms with E-state index >= 15 is 0 Å². The number of amides is 4. The first-order valence-electron chi connectivity index (χ1n) is 18.7. The van der Waals surface area contributed by atoms with Crippen molar-refractivity contribution < 1.29 is 38.2 Å². The number of hydrogen-bond acceptors (Lipinski definition) is 11. The highest BCUT2D eigenvalue weighted by Gasteiger charge is 2.38. The number of carbonyl (C=O) groups is 6. The minimum atomic E-state index is -0.805. The van der Waals surface area contributed by atoms with Crippen LogP contribution in [-0.4, -0.2) is 108 Å². The van der Waals surface area contributed by atoms with Crippen LogP contribution in [0.3, 0.4) is 0 Å². The van der Waals surface area contributed by atoms with Gasteiger partial charge in [-0.05, 0) is 64.0 Å². The van der Waals surface area contributed by atoms with Gasteiger partial charge in [0.1, 0.15) is 22.8 Å². The lowest BCUT2D eigenvalue weighted by molar-refractivity contribution is -0.150. The molecular formula is C37H62N6O8S. The van der Waals surface area contributed by atoms with Gasteiger partial charge < -0.3 is 30.3 Å². The monoisotopic (exact) mass is 750 g/mol. The summed E-state index contributed by atoms with van der Waals surface area (Å²) >= 11 is 1.21. The van der Waals surface area contributed by atoms with E-state index in [1.165, 1.54) is 32.3 Å². The minimum Gasteiger partial charge on any atom is -0.467 e. The van der Waals surface area contributed by atoms with Gasteiger partial charge in [-0.2, -0.15) is 0 Å². The largest absolute Gasteiger partial charge is 0.467 e. The quantitative estimate of drug-likeness (QED) is 0.123. The van der Waals surface area contributed by atoms with Crippen molar-refractivity contribution in [3.05, 3.63) is 16.1 Å². The molecule has 15 heteroatoms. The van der Waals surface area contributed by atoms with Crippen LogP contribution in [0.4, 0.5) is 0 Å². The summed E-state index contributed by atoms with van der Waals surface area (Å²) in [6.45, 7) is 14.3. The first kappa shape index (κ1) is 44.6. The Balaban J connectivity index is 2.21. The summed E-state index contributed by atoms with van der Waals surface area (Å²) in [6, 6.07) is -2.09. The predicted molar refractivity (Wildman–Crippen MR) is 199 cm³/mol. The Labute approximate surface area is 313 Å². The van der Waals surface area contributed by atoms with Gasteiger partial charge in [0.2, 0.25) is 17.7 Å². The normalized spacial score (nSPS) is 17.6. The fraction of sp³-hybridized carbons (Fsp3) is 0.757. The molecule has 1 saturated heterocycles. The van der Waals surface area contributed by atoms with Crippen molar-refractivity contribution >= 4 is 46.9 Å². The van der Waals surface area contributed by atoms with Gasteiger partial charge in [0, 0.05) is 44.8 Å². The van der Waals surface area contributed by atoms with Crippen LogP contribution in [0, 0.1) is 11.8 Å². The Kier molecular flexibility index (Phi) is 19.3. The van der Waals surface area contributed by atoms with E-state index in [4.69, 9.17) is 9.47 Å². The third kappa shape index (κ3) is 13.8. The maximum atomic E-state index is 14.5. The molecule has 4 amide bonds. The first-order valence-corrected chi connectivity index (χ1v) is 19.6. The zero-order chi connectivity index (χ0) is 39.0. The number of esters is 2. The molecule has 1 aromatic heterocycles. The number of piperidine rings is 1. The Morgan fingerprint density at radius 3 is 2.35 bits per heavy atom. The van der Waals surface area contributed by atoms with Gasteiger partial charge in [-0.1, -0.05) is 47.5 Å². The van der Waals surface area contributed by atoms with Crippen molar-refractivity contribution in [1.29, 1.82) is 0 Å². The van der Waals surface area contributed by atoms with E-state index in [2.05, 4.69) is 25.8 Å². The Hall–Kier alpha value is -3.59. The molecule has 6 atom stereocenters. The summed E-state index contributed by atoms with van der Waals surface area (Å²) in [4.78, 5) is 85.1. The van der Waals surface area contributed by atoms with Crippen molar-refractivity contribution in [2.75, 3.05) is 33.8 Å². The Morgan fingerprint density at radius 2 is 1.77 bits per heavy atom. The van der Waals surface area contributed by atoms with E-state index in [0.29, 0.717) is 50.2 Å². The second-order valence-corrected chi connectivity index (χ2v) is 15.0. The van der Waals surface area contributed by atoms with E-state index in [-0.39, 0.29) is 53.8 Å². The lowest BCUT2D eigenvalue weighted by Crippen LogP contribution is -2.58. The van der Waals surface area contributed by atoms with Gasteiger partial charge in [0.05, 0.1) is 13.2 Å². The molecule has 0 saturated carbocycles. The molecule has 0 aromatic carbocycles. The molecule has 52 heavy (non-hydrogen) atoms. The summed E-state index contributed by atoms with van der Waals surface area (Å²) in [5.41, 5.74) is 0.178. The number of likely N-dealkylation sites (tertiary alicyclic amines) is 1. The zero-order valence-corrected chi connectivity index (χ0v) is 33.4. The van der Waals surface area contributed by atoms with Crippen LogP contribution < -0.4 is 16.0 Å². The average molecular weight is 751 g/mol. The molecule has 0 radical (unpaired) electrons. The minimum absolute atomic E-state index is 0.0292. The van der Waals surface area contributed by atoms with Gasteiger partial charge in [-0.15, -0.1) is 11.3 Å².